The number of nitrogens with one attached hydrogen (secondary N) is 2. The van der Waals surface area contributed by atoms with Gasteiger partial charge in [0.05, 0.1) is 10.6 Å². The van der Waals surface area contributed by atoms with Crippen LogP contribution in [0.3, 0.4) is 0 Å². The fraction of sp³-hybridized carbons (Fsp3) is 0.176. The van der Waals surface area contributed by atoms with Gasteiger partial charge in [-0.1, -0.05) is 24.3 Å². The van der Waals surface area contributed by atoms with Gasteiger partial charge in [-0.05, 0) is 29.8 Å². The van der Waals surface area contributed by atoms with Crippen LogP contribution < -0.4 is 10.6 Å². The largest absolute Gasteiger partial charge is 0.344 e. The Kier molecular flexibility index (Phi) is 6.06. The van der Waals surface area contributed by atoms with Crippen LogP contribution in [0.1, 0.15) is 5.56 Å². The smallest absolute Gasteiger partial charge is 0.313 e. The average Bonchev–Trinajstić information content (AvgIpc) is 2.61. The van der Waals surface area contributed by atoms with Crippen molar-refractivity contribution in [3.8, 4) is 0 Å². The minimum atomic E-state index is -3.53. The SMILES string of the molecule is CN(C)S(=O)(=O)c1ccc(CNC(=O)C(=O)Nc2ccccc2F)cc1. The lowest BCUT2D eigenvalue weighted by atomic mass is 10.2. The van der Waals surface area contributed by atoms with Crippen LogP contribution in [-0.2, 0) is 26.2 Å². The number of carbonyl (C=O) groups excluding carboxylic acids is 2. The molecule has 7 nitrogen and oxygen atoms in total. The Labute approximate surface area is 150 Å². The standard InChI is InChI=1S/C17H18FN3O4S/c1-21(2)26(24,25)13-9-7-12(8-10-13)11-19-16(22)17(23)20-15-6-4-3-5-14(15)18/h3-10H,11H2,1-2H3,(H,19,22)(H,20,23). The molecule has 0 unspecified atom stereocenters. The summed E-state index contributed by atoms with van der Waals surface area (Å²) in [6.45, 7) is 0.0197. The number of carbonyl (C=O) groups is 2. The maximum atomic E-state index is 13.5. The van der Waals surface area contributed by atoms with E-state index in [1.807, 2.05) is 0 Å². The lowest BCUT2D eigenvalue weighted by Gasteiger charge is -2.12. The molecule has 0 heterocycles. The first-order chi connectivity index (χ1) is 12.2. The third-order valence-electron chi connectivity index (χ3n) is 3.48. The Morgan fingerprint density at radius 1 is 1.00 bits per heavy atom. The highest BCUT2D eigenvalue weighted by Gasteiger charge is 2.17. The number of nitrogens with zero attached hydrogens (tertiary/aromatic N) is 1. The van der Waals surface area contributed by atoms with E-state index in [2.05, 4.69) is 10.6 Å². The van der Waals surface area contributed by atoms with Crippen molar-refractivity contribution in [1.82, 2.24) is 9.62 Å². The molecule has 0 saturated heterocycles. The van der Waals surface area contributed by atoms with Crippen molar-refractivity contribution >= 4 is 27.5 Å². The van der Waals surface area contributed by atoms with E-state index in [0.717, 1.165) is 10.4 Å². The van der Waals surface area contributed by atoms with Gasteiger partial charge >= 0.3 is 11.8 Å². The zero-order valence-electron chi connectivity index (χ0n) is 14.2. The van der Waals surface area contributed by atoms with Crippen molar-refractivity contribution in [3.63, 3.8) is 0 Å². The monoisotopic (exact) mass is 379 g/mol. The number of anilines is 1. The van der Waals surface area contributed by atoms with E-state index in [9.17, 15) is 22.4 Å². The fourth-order valence-electron chi connectivity index (χ4n) is 1.99. The number of benzene rings is 2. The first-order valence-corrected chi connectivity index (χ1v) is 9.01. The maximum Gasteiger partial charge on any atom is 0.313 e. The van der Waals surface area contributed by atoms with Crippen LogP contribution in [0.15, 0.2) is 53.4 Å². The minimum Gasteiger partial charge on any atom is -0.344 e. The number of halogens is 1. The Balaban J connectivity index is 1.95. The lowest BCUT2D eigenvalue weighted by molar-refractivity contribution is -0.136. The fourth-order valence-corrected chi connectivity index (χ4v) is 2.90. The Morgan fingerprint density at radius 2 is 1.62 bits per heavy atom. The Bertz CT molecular complexity index is 912. The summed E-state index contributed by atoms with van der Waals surface area (Å²) in [5.41, 5.74) is 0.514. The summed E-state index contributed by atoms with van der Waals surface area (Å²) in [6.07, 6.45) is 0. The molecule has 2 rings (SSSR count). The first kappa shape index (κ1) is 19.5. The molecule has 2 aromatic rings. The van der Waals surface area contributed by atoms with Crippen molar-refractivity contribution in [2.45, 2.75) is 11.4 Å². The molecule has 0 fully saturated rings. The van der Waals surface area contributed by atoms with Crippen molar-refractivity contribution in [3.05, 3.63) is 59.9 Å². The highest BCUT2D eigenvalue weighted by atomic mass is 32.2. The summed E-state index contributed by atoms with van der Waals surface area (Å²) in [5, 5.41) is 4.56. The molecule has 0 aliphatic carbocycles. The molecule has 2 aromatic carbocycles. The van der Waals surface area contributed by atoms with Crippen LogP contribution in [0.25, 0.3) is 0 Å². The number of rotatable bonds is 5. The topological polar surface area (TPSA) is 95.6 Å². The molecule has 0 atom stereocenters. The maximum absolute atomic E-state index is 13.5. The van der Waals surface area contributed by atoms with Gasteiger partial charge in [-0.15, -0.1) is 0 Å². The molecule has 0 spiro atoms. The molecular formula is C17H18FN3O4S. The summed E-state index contributed by atoms with van der Waals surface area (Å²) in [4.78, 5) is 23.7. The number of hydrogen-bond donors (Lipinski definition) is 2. The summed E-state index contributed by atoms with van der Waals surface area (Å²) < 4.78 is 38.5. The molecule has 138 valence electrons. The quantitative estimate of drug-likeness (QED) is 0.766. The van der Waals surface area contributed by atoms with E-state index >= 15 is 0 Å². The molecule has 2 N–H and O–H groups in total. The van der Waals surface area contributed by atoms with Crippen LogP contribution in [0.4, 0.5) is 10.1 Å². The second kappa shape index (κ2) is 8.07. The van der Waals surface area contributed by atoms with Crippen LogP contribution in [0.2, 0.25) is 0 Å². The van der Waals surface area contributed by atoms with E-state index in [0.29, 0.717) is 5.56 Å². The molecule has 26 heavy (non-hydrogen) atoms. The van der Waals surface area contributed by atoms with Crippen molar-refractivity contribution < 1.29 is 22.4 Å². The first-order valence-electron chi connectivity index (χ1n) is 7.57. The van der Waals surface area contributed by atoms with Crippen LogP contribution in [0, 0.1) is 5.82 Å². The summed E-state index contributed by atoms with van der Waals surface area (Å²) in [7, 11) is -0.674. The molecule has 0 radical (unpaired) electrons. The van der Waals surface area contributed by atoms with Gasteiger partial charge in [0.25, 0.3) is 0 Å². The van der Waals surface area contributed by atoms with Gasteiger partial charge in [-0.25, -0.2) is 17.1 Å². The van der Waals surface area contributed by atoms with E-state index in [-0.39, 0.29) is 17.1 Å². The molecule has 2 amide bonds. The molecular weight excluding hydrogens is 361 g/mol. The normalized spacial score (nSPS) is 11.2. The Morgan fingerprint density at radius 3 is 2.19 bits per heavy atom. The van der Waals surface area contributed by atoms with Crippen LogP contribution in [0.5, 0.6) is 0 Å². The average molecular weight is 379 g/mol. The van der Waals surface area contributed by atoms with E-state index in [4.69, 9.17) is 0 Å². The van der Waals surface area contributed by atoms with Gasteiger partial charge in [0.1, 0.15) is 5.82 Å². The van der Waals surface area contributed by atoms with E-state index in [1.54, 1.807) is 0 Å². The number of amides is 2. The van der Waals surface area contributed by atoms with Gasteiger partial charge in [0.15, 0.2) is 0 Å². The molecule has 0 aliphatic rings. The molecule has 0 aliphatic heterocycles. The predicted octanol–water partition coefficient (Wildman–Crippen LogP) is 1.33. The summed E-state index contributed by atoms with van der Waals surface area (Å²) >= 11 is 0. The van der Waals surface area contributed by atoms with E-state index in [1.165, 1.54) is 56.6 Å². The van der Waals surface area contributed by atoms with Gasteiger partial charge in [0.2, 0.25) is 10.0 Å². The van der Waals surface area contributed by atoms with Gasteiger partial charge in [-0.3, -0.25) is 9.59 Å². The van der Waals surface area contributed by atoms with Crippen molar-refractivity contribution in [2.24, 2.45) is 0 Å². The molecule has 9 heteroatoms. The highest BCUT2D eigenvalue weighted by Crippen LogP contribution is 2.14. The second-order valence-electron chi connectivity index (χ2n) is 5.55. The summed E-state index contributed by atoms with van der Waals surface area (Å²) in [5.74, 6) is -2.58. The second-order valence-corrected chi connectivity index (χ2v) is 7.70. The van der Waals surface area contributed by atoms with Gasteiger partial charge in [-0.2, -0.15) is 0 Å². The summed E-state index contributed by atoms with van der Waals surface area (Å²) in [6, 6.07) is 11.4. The third-order valence-corrected chi connectivity index (χ3v) is 5.31. The molecule has 0 bridgehead atoms. The van der Waals surface area contributed by atoms with Crippen LogP contribution >= 0.6 is 0 Å². The number of hydrogen-bond acceptors (Lipinski definition) is 4. The van der Waals surface area contributed by atoms with Crippen molar-refractivity contribution in [2.75, 3.05) is 19.4 Å². The Hall–Kier alpha value is -2.78. The predicted molar refractivity (Wildman–Crippen MR) is 94.2 cm³/mol. The third kappa shape index (κ3) is 4.64. The number of para-hydroxylation sites is 1. The molecule has 0 aromatic heterocycles. The van der Waals surface area contributed by atoms with Gasteiger partial charge < -0.3 is 10.6 Å². The van der Waals surface area contributed by atoms with Crippen LogP contribution in [-0.4, -0.2) is 38.6 Å². The highest BCUT2D eigenvalue weighted by molar-refractivity contribution is 7.89. The van der Waals surface area contributed by atoms with E-state index < -0.39 is 27.7 Å². The zero-order valence-corrected chi connectivity index (χ0v) is 15.0. The minimum absolute atomic E-state index is 0.0197. The van der Waals surface area contributed by atoms with Gasteiger partial charge in [0, 0.05) is 20.6 Å². The zero-order chi connectivity index (χ0) is 19.3. The van der Waals surface area contributed by atoms with Crippen molar-refractivity contribution in [1.29, 1.82) is 0 Å². The molecule has 0 saturated carbocycles. The number of sulfonamides is 1. The lowest BCUT2D eigenvalue weighted by Crippen LogP contribution is -2.35.